The van der Waals surface area contributed by atoms with Crippen LogP contribution in [0, 0.1) is 10.1 Å². The number of benzene rings is 2. The van der Waals surface area contributed by atoms with E-state index in [9.17, 15) is 14.7 Å². The lowest BCUT2D eigenvalue weighted by Crippen LogP contribution is -2.01. The van der Waals surface area contributed by atoms with E-state index >= 15 is 0 Å². The highest BCUT2D eigenvalue weighted by Gasteiger charge is 2.14. The molecule has 1 N–H and O–H groups in total. The number of rotatable bonds is 8. The van der Waals surface area contributed by atoms with E-state index < -0.39 is 13.2 Å². The first-order valence-corrected chi connectivity index (χ1v) is 9.62. The number of nitro groups is 1. The van der Waals surface area contributed by atoms with Gasteiger partial charge in [0.1, 0.15) is 22.9 Å². The fraction of sp³-hybridized carbons (Fsp3) is 0.294. The molecule has 9 nitrogen and oxygen atoms in total. The first-order chi connectivity index (χ1) is 13.4. The third-order valence-electron chi connectivity index (χ3n) is 3.22. The molecule has 28 heavy (non-hydrogen) atoms. The molecule has 0 saturated carbocycles. The summed E-state index contributed by atoms with van der Waals surface area (Å²) in [6, 6.07) is 9.54. The summed E-state index contributed by atoms with van der Waals surface area (Å²) in [5, 5.41) is 14.3. The summed E-state index contributed by atoms with van der Waals surface area (Å²) < 4.78 is 29.1. The van der Waals surface area contributed by atoms with Crippen molar-refractivity contribution in [1.82, 2.24) is 0 Å². The minimum absolute atomic E-state index is 0.00182. The highest BCUT2D eigenvalue weighted by molar-refractivity contribution is 7.33. The average molecular weight is 433 g/mol. The molecular formula is C17H22ClN2O7P. The molecule has 2 aromatic rings. The molecule has 0 bridgehead atoms. The summed E-state index contributed by atoms with van der Waals surface area (Å²) in [5.41, 5.74) is 0.409. The van der Waals surface area contributed by atoms with Crippen molar-refractivity contribution in [3.05, 3.63) is 51.5 Å². The fourth-order valence-electron chi connectivity index (χ4n) is 2.00. The average Bonchev–Trinajstić information content (AvgIpc) is 2.68. The predicted octanol–water partition coefficient (Wildman–Crippen LogP) is 5.15. The second-order valence-corrected chi connectivity index (χ2v) is 6.75. The first kappa shape index (κ1) is 23.7. The van der Waals surface area contributed by atoms with Gasteiger partial charge in [-0.15, -0.1) is 0 Å². The van der Waals surface area contributed by atoms with Gasteiger partial charge in [-0.05, 0) is 25.1 Å². The summed E-state index contributed by atoms with van der Waals surface area (Å²) in [7, 11) is 2.09. The van der Waals surface area contributed by atoms with E-state index in [2.05, 4.69) is 14.4 Å². The third-order valence-corrected chi connectivity index (χ3v) is 4.19. The maximum atomic E-state index is 11.0. The number of anilines is 1. The molecule has 11 heteroatoms. The van der Waals surface area contributed by atoms with Crippen LogP contribution in [0.4, 0.5) is 11.4 Å². The van der Waals surface area contributed by atoms with E-state index in [1.807, 2.05) is 6.92 Å². The van der Waals surface area contributed by atoms with Crippen molar-refractivity contribution >= 4 is 31.2 Å². The lowest BCUT2D eigenvalue weighted by atomic mass is 10.2. The van der Waals surface area contributed by atoms with Crippen LogP contribution >= 0.6 is 19.9 Å². The molecule has 0 heterocycles. The maximum absolute atomic E-state index is 11.0. The first-order valence-electron chi connectivity index (χ1n) is 8.01. The molecule has 0 aromatic heterocycles. The van der Waals surface area contributed by atoms with E-state index in [0.29, 0.717) is 34.5 Å². The minimum atomic E-state index is -2.12. The Bertz CT molecular complexity index is 814. The zero-order chi connectivity index (χ0) is 21.1. The summed E-state index contributed by atoms with van der Waals surface area (Å²) in [6.07, 6.45) is 0. The van der Waals surface area contributed by atoms with Crippen molar-refractivity contribution in [1.29, 1.82) is 0 Å². The van der Waals surface area contributed by atoms with Gasteiger partial charge in [-0.2, -0.15) is 0 Å². The molecule has 0 saturated heterocycles. The largest absolute Gasteiger partial charge is 0.495 e. The van der Waals surface area contributed by atoms with Gasteiger partial charge in [0.15, 0.2) is 0 Å². The molecule has 0 unspecified atom stereocenters. The van der Waals surface area contributed by atoms with Crippen LogP contribution in [-0.4, -0.2) is 32.8 Å². The summed E-state index contributed by atoms with van der Waals surface area (Å²) in [5.74, 6) is 1.54. The van der Waals surface area contributed by atoms with Crippen molar-refractivity contribution in [3.63, 3.8) is 0 Å². The van der Waals surface area contributed by atoms with Gasteiger partial charge < -0.3 is 23.8 Å². The molecule has 0 radical (unpaired) electrons. The van der Waals surface area contributed by atoms with Crippen molar-refractivity contribution in [3.8, 4) is 17.2 Å². The Balaban J connectivity index is 0.000000568. The van der Waals surface area contributed by atoms with Crippen LogP contribution in [0.5, 0.6) is 17.2 Å². The second kappa shape index (κ2) is 12.2. The molecule has 2 rings (SSSR count). The van der Waals surface area contributed by atoms with Gasteiger partial charge in [0.2, 0.25) is 0 Å². The summed E-state index contributed by atoms with van der Waals surface area (Å²) >= 11 is 6.04. The van der Waals surface area contributed by atoms with E-state index in [1.165, 1.54) is 33.5 Å². The van der Waals surface area contributed by atoms with Gasteiger partial charge in [0.05, 0.1) is 17.1 Å². The topological polar surface area (TPSA) is 109 Å². The Labute approximate surface area is 168 Å². The highest BCUT2D eigenvalue weighted by Crippen LogP contribution is 2.34. The molecule has 0 fully saturated rings. The number of halogens is 1. The van der Waals surface area contributed by atoms with E-state index in [0.717, 1.165) is 0 Å². The lowest BCUT2D eigenvalue weighted by molar-refractivity contribution is -0.384. The molecule has 2 aromatic carbocycles. The zero-order valence-corrected chi connectivity index (χ0v) is 17.6. The van der Waals surface area contributed by atoms with E-state index in [4.69, 9.17) is 21.1 Å². The smallest absolute Gasteiger partial charge is 0.318 e. The Hall–Kier alpha value is -2.32. The fourth-order valence-corrected chi connectivity index (χ4v) is 2.41. The quantitative estimate of drug-likeness (QED) is 0.346. The monoisotopic (exact) mass is 432 g/mol. The molecule has 0 atom stereocenters. The Morgan fingerprint density at radius 2 is 1.71 bits per heavy atom. The number of methoxy groups -OCH3 is 1. The minimum Gasteiger partial charge on any atom is -0.495 e. The van der Waals surface area contributed by atoms with Crippen LogP contribution in [0.25, 0.3) is 0 Å². The van der Waals surface area contributed by atoms with Crippen LogP contribution in [0.3, 0.4) is 0 Å². The highest BCUT2D eigenvalue weighted by atomic mass is 35.5. The Kier molecular flexibility index (Phi) is 10.3. The predicted molar refractivity (Wildman–Crippen MR) is 108 cm³/mol. The number of nitrogens with one attached hydrogen (secondary N) is 1. The number of ether oxygens (including phenoxy) is 2. The lowest BCUT2D eigenvalue weighted by Gasteiger charge is -2.10. The number of hydrogen-bond acceptors (Lipinski definition) is 8. The van der Waals surface area contributed by atoms with Gasteiger partial charge in [-0.25, -0.2) is 0 Å². The summed E-state index contributed by atoms with van der Waals surface area (Å²) in [6.45, 7) is 2.43. The van der Waals surface area contributed by atoms with Crippen LogP contribution in [-0.2, 0) is 13.6 Å². The van der Waals surface area contributed by atoms with Crippen molar-refractivity contribution in [2.75, 3.05) is 33.2 Å². The molecule has 0 amide bonds. The van der Waals surface area contributed by atoms with Crippen LogP contribution in [0.2, 0.25) is 5.02 Å². The van der Waals surface area contributed by atoms with Gasteiger partial charge >= 0.3 is 8.25 Å². The van der Waals surface area contributed by atoms with Crippen LogP contribution < -0.4 is 14.8 Å². The maximum Gasteiger partial charge on any atom is 0.318 e. The van der Waals surface area contributed by atoms with Crippen molar-refractivity contribution in [2.24, 2.45) is 0 Å². The number of hydrogen-bond donors (Lipinski definition) is 1. The van der Waals surface area contributed by atoms with Crippen LogP contribution in [0.1, 0.15) is 6.92 Å². The van der Waals surface area contributed by atoms with Gasteiger partial charge in [-0.3, -0.25) is 14.7 Å². The van der Waals surface area contributed by atoms with Crippen molar-refractivity contribution in [2.45, 2.75) is 6.92 Å². The number of nitrogens with zero attached hydrogens (tertiary/aromatic N) is 1. The molecular weight excluding hydrogens is 411 g/mol. The third kappa shape index (κ3) is 7.36. The van der Waals surface area contributed by atoms with E-state index in [-0.39, 0.29) is 5.69 Å². The standard InChI is InChI=1S/C15H15ClN2O4.C2H7O3P/c1-3-17-13-9-11(4-6-14(13)18(19)20)22-10-5-7-15(21-2)12(16)8-10;1-4-6(3)5-2/h4-9,17H,3H2,1-2H3;6H,1-2H3. The van der Waals surface area contributed by atoms with Gasteiger partial charge in [0, 0.05) is 39.0 Å². The van der Waals surface area contributed by atoms with Crippen molar-refractivity contribution < 1.29 is 28.0 Å². The molecule has 154 valence electrons. The van der Waals surface area contributed by atoms with Crippen LogP contribution in [0.15, 0.2) is 36.4 Å². The number of nitro benzene ring substituents is 1. The molecule has 0 spiro atoms. The second-order valence-electron chi connectivity index (χ2n) is 5.02. The summed E-state index contributed by atoms with van der Waals surface area (Å²) in [4.78, 5) is 10.5. The van der Waals surface area contributed by atoms with Gasteiger partial charge in [0.25, 0.3) is 5.69 Å². The normalized spacial score (nSPS) is 10.1. The SMILES string of the molecule is CCNc1cc(Oc2ccc(OC)c(Cl)c2)ccc1[N+](=O)[O-].CO[PH](=O)OC. The Morgan fingerprint density at radius 1 is 1.11 bits per heavy atom. The molecule has 0 aliphatic heterocycles. The molecule has 0 aliphatic rings. The zero-order valence-electron chi connectivity index (χ0n) is 15.9. The van der Waals surface area contributed by atoms with Gasteiger partial charge in [-0.1, -0.05) is 11.6 Å². The molecule has 0 aliphatic carbocycles. The van der Waals surface area contributed by atoms with E-state index in [1.54, 1.807) is 24.3 Å². The Morgan fingerprint density at radius 3 is 2.18 bits per heavy atom.